The van der Waals surface area contributed by atoms with Crippen molar-refractivity contribution in [1.29, 1.82) is 0 Å². The Bertz CT molecular complexity index is 3140. The number of rotatable bonds is 8. The van der Waals surface area contributed by atoms with Gasteiger partial charge in [0.1, 0.15) is 11.3 Å². The summed E-state index contributed by atoms with van der Waals surface area (Å²) >= 11 is 0. The van der Waals surface area contributed by atoms with Gasteiger partial charge >= 0.3 is 0 Å². The van der Waals surface area contributed by atoms with Crippen LogP contribution in [-0.4, -0.2) is 29.1 Å². The third-order valence-corrected chi connectivity index (χ3v) is 21.0. The van der Waals surface area contributed by atoms with Gasteiger partial charge in [-0.3, -0.25) is 0 Å². The molecule has 3 saturated carbocycles. The Morgan fingerprint density at radius 2 is 1.55 bits per heavy atom. The zero-order chi connectivity index (χ0) is 49.0. The number of anilines is 1. The van der Waals surface area contributed by atoms with Crippen molar-refractivity contribution in [3.05, 3.63) is 191 Å². The zero-order valence-corrected chi connectivity index (χ0v) is 44.1. The van der Waals surface area contributed by atoms with Gasteiger partial charge in [0, 0.05) is 46.6 Å². The lowest BCUT2D eigenvalue weighted by molar-refractivity contribution is 0.159. The normalized spacial score (nSPS) is 35.1. The summed E-state index contributed by atoms with van der Waals surface area (Å²) in [6.07, 6.45) is 68.5. The Labute approximate surface area is 436 Å². The first-order chi connectivity index (χ1) is 35.7. The average molecular weight is 963 g/mol. The number of allylic oxidation sites excluding steroid dienone is 20. The highest BCUT2D eigenvalue weighted by atomic mass is 16.3. The van der Waals surface area contributed by atoms with Crippen molar-refractivity contribution in [2.45, 2.75) is 142 Å². The van der Waals surface area contributed by atoms with Gasteiger partial charge in [0.2, 0.25) is 0 Å². The van der Waals surface area contributed by atoms with E-state index < -0.39 is 0 Å². The summed E-state index contributed by atoms with van der Waals surface area (Å²) in [6.45, 7) is 10.1. The first-order valence-electron chi connectivity index (χ1n) is 29.1. The van der Waals surface area contributed by atoms with Gasteiger partial charge in [0.05, 0.1) is 18.1 Å². The number of hydrogen-bond donors (Lipinski definition) is 0. The Kier molecular flexibility index (Phi) is 11.4. The quantitative estimate of drug-likeness (QED) is 0.210. The molecular weight excluding hydrogens is 885 g/mol. The maximum Gasteiger partial charge on any atom is 0.135 e. The summed E-state index contributed by atoms with van der Waals surface area (Å²) in [7, 11) is 0. The summed E-state index contributed by atoms with van der Waals surface area (Å²) in [4.78, 5) is 5.77. The van der Waals surface area contributed by atoms with Crippen LogP contribution in [0.1, 0.15) is 122 Å². The molecule has 0 bridgehead atoms. The second kappa shape index (κ2) is 18.1. The molecule has 374 valence electrons. The molecule has 12 unspecified atom stereocenters. The van der Waals surface area contributed by atoms with Crippen LogP contribution in [0.5, 0.6) is 0 Å². The standard InChI is InChI=1S/C70H78N2O/c1-69(2)63-27-13-11-25-57(63)60-42-54(32-35-65(60)69)71(51-23-15-21-47(37-51)45-17-7-5-8-18-45)53-30-29-49-40-62-59-34-31-56(44-68(59)73-67(62)41-50(49)39-53)72(52-24-16-22-48(38-52)46-19-9-6-10-20-46)55-33-36-66-61(43-55)58-26-12-14-28-64(58)70(66,3)4/h5,7,9,11-14,16-17,19,22,25-31,33-35,38-42,46-47,51-52,54,56-58,61,63-64,66H,6,8,10,15,18,20-21,23-24,32,36-37,43-44H2,1-4H3. The monoisotopic (exact) mass is 963 g/mol. The lowest BCUT2D eigenvalue weighted by Gasteiger charge is -2.45. The number of nitrogens with zero attached hydrogens (tertiary/aromatic N) is 2. The zero-order valence-electron chi connectivity index (χ0n) is 44.1. The van der Waals surface area contributed by atoms with E-state index in [0.29, 0.717) is 70.9 Å². The largest absolute Gasteiger partial charge is 0.460 e. The van der Waals surface area contributed by atoms with Crippen molar-refractivity contribution < 1.29 is 4.42 Å². The Morgan fingerprint density at radius 1 is 0.671 bits per heavy atom. The fourth-order valence-electron chi connectivity index (χ4n) is 17.3. The van der Waals surface area contributed by atoms with Gasteiger partial charge in [0.15, 0.2) is 0 Å². The topological polar surface area (TPSA) is 19.6 Å². The van der Waals surface area contributed by atoms with Gasteiger partial charge < -0.3 is 14.2 Å². The first kappa shape index (κ1) is 46.0. The maximum atomic E-state index is 7.16. The molecule has 12 atom stereocenters. The predicted molar refractivity (Wildman–Crippen MR) is 306 cm³/mol. The minimum absolute atomic E-state index is 0.146. The van der Waals surface area contributed by atoms with E-state index in [2.05, 4.69) is 195 Å². The summed E-state index contributed by atoms with van der Waals surface area (Å²) in [5.74, 6) is 5.93. The summed E-state index contributed by atoms with van der Waals surface area (Å²) in [5.41, 5.74) is 12.0. The number of fused-ring (bicyclic) bond motifs is 10. The van der Waals surface area contributed by atoms with E-state index in [9.17, 15) is 0 Å². The lowest BCUT2D eigenvalue weighted by Crippen LogP contribution is -2.46. The molecule has 1 heterocycles. The molecule has 0 saturated heterocycles. The molecule has 2 aromatic carbocycles. The van der Waals surface area contributed by atoms with Crippen LogP contribution >= 0.6 is 0 Å². The first-order valence-corrected chi connectivity index (χ1v) is 29.1. The van der Waals surface area contributed by atoms with Crippen molar-refractivity contribution in [3.63, 3.8) is 0 Å². The van der Waals surface area contributed by atoms with Gasteiger partial charge in [-0.25, -0.2) is 0 Å². The molecule has 0 N–H and O–H groups in total. The van der Waals surface area contributed by atoms with E-state index in [4.69, 9.17) is 4.42 Å². The molecule has 0 aliphatic heterocycles. The molecule has 14 rings (SSSR count). The molecule has 0 radical (unpaired) electrons. The highest BCUT2D eigenvalue weighted by molar-refractivity contribution is 6.01. The second-order valence-corrected chi connectivity index (χ2v) is 25.5. The van der Waals surface area contributed by atoms with Crippen LogP contribution in [0.4, 0.5) is 5.69 Å². The van der Waals surface area contributed by atoms with Crippen LogP contribution in [0.25, 0.3) is 27.8 Å². The van der Waals surface area contributed by atoms with Gasteiger partial charge in [-0.1, -0.05) is 173 Å². The molecule has 3 nitrogen and oxygen atoms in total. The van der Waals surface area contributed by atoms with E-state index in [0.717, 1.165) is 37.0 Å². The van der Waals surface area contributed by atoms with Crippen molar-refractivity contribution in [2.24, 2.45) is 58.2 Å². The highest BCUT2D eigenvalue weighted by Gasteiger charge is 2.55. The third-order valence-electron chi connectivity index (χ3n) is 21.0. The number of furan rings is 1. The van der Waals surface area contributed by atoms with Crippen molar-refractivity contribution in [3.8, 4) is 0 Å². The molecule has 3 aromatic rings. The summed E-state index contributed by atoms with van der Waals surface area (Å²) in [5, 5.41) is 3.84. The maximum absolute atomic E-state index is 7.16. The summed E-state index contributed by atoms with van der Waals surface area (Å²) < 4.78 is 7.16. The summed E-state index contributed by atoms with van der Waals surface area (Å²) in [6, 6.07) is 13.6. The van der Waals surface area contributed by atoms with Crippen LogP contribution in [0.3, 0.4) is 0 Å². The molecule has 73 heavy (non-hydrogen) atoms. The van der Waals surface area contributed by atoms with Gasteiger partial charge in [0.25, 0.3) is 0 Å². The number of hydrogen-bond acceptors (Lipinski definition) is 3. The smallest absolute Gasteiger partial charge is 0.135 e. The molecule has 1 aromatic heterocycles. The molecule has 3 heteroatoms. The fraction of sp³-hybridized carbons (Fsp3) is 0.457. The fourth-order valence-corrected chi connectivity index (χ4v) is 17.3. The molecule has 0 amide bonds. The van der Waals surface area contributed by atoms with E-state index in [1.54, 1.807) is 22.4 Å². The average Bonchev–Trinajstić information content (AvgIpc) is 3.99. The molecule has 11 aliphatic rings. The Morgan fingerprint density at radius 3 is 2.42 bits per heavy atom. The number of benzene rings is 2. The Balaban J connectivity index is 0.801. The van der Waals surface area contributed by atoms with E-state index in [-0.39, 0.29) is 11.5 Å². The van der Waals surface area contributed by atoms with Gasteiger partial charge in [-0.2, -0.15) is 0 Å². The molecular formula is C70H78N2O. The van der Waals surface area contributed by atoms with Crippen molar-refractivity contribution in [1.82, 2.24) is 4.90 Å². The van der Waals surface area contributed by atoms with Crippen LogP contribution in [0.2, 0.25) is 0 Å². The minimum Gasteiger partial charge on any atom is -0.460 e. The van der Waals surface area contributed by atoms with Crippen LogP contribution in [-0.2, 0) is 6.42 Å². The van der Waals surface area contributed by atoms with Gasteiger partial charge in [-0.05, 0) is 175 Å². The van der Waals surface area contributed by atoms with Crippen molar-refractivity contribution >= 4 is 33.5 Å². The van der Waals surface area contributed by atoms with Crippen LogP contribution in [0, 0.1) is 58.2 Å². The minimum atomic E-state index is 0.146. The SMILES string of the molecule is CC1(C)C2=CCC(N(c3ccc4cc5c6c(oc5cc4c3)CC(N(C3=CCC4C(C3)C3C=CC=CC3C4(C)C)C3C=C(C4C=CCCC4)C=CC3)C=C6)C3CCCC(C4=CC=CCC4)C3)C=C2C2C=CC=CC21. The molecule has 11 aliphatic carbocycles. The highest BCUT2D eigenvalue weighted by Crippen LogP contribution is 2.61. The van der Waals surface area contributed by atoms with E-state index in [1.165, 1.54) is 97.2 Å². The molecule has 3 fully saturated rings. The van der Waals surface area contributed by atoms with E-state index in [1.807, 2.05) is 0 Å². The van der Waals surface area contributed by atoms with Crippen LogP contribution in [0.15, 0.2) is 184 Å². The lowest BCUT2D eigenvalue weighted by atomic mass is 9.70. The van der Waals surface area contributed by atoms with E-state index >= 15 is 0 Å². The third kappa shape index (κ3) is 7.78. The van der Waals surface area contributed by atoms with Crippen molar-refractivity contribution in [2.75, 3.05) is 4.90 Å². The second-order valence-electron chi connectivity index (χ2n) is 25.5. The van der Waals surface area contributed by atoms with Crippen LogP contribution < -0.4 is 4.90 Å². The van der Waals surface area contributed by atoms with Gasteiger partial charge in [-0.15, -0.1) is 0 Å². The Hall–Kier alpha value is -5.54. The predicted octanol–water partition coefficient (Wildman–Crippen LogP) is 17.4. The molecule has 0 spiro atoms.